The van der Waals surface area contributed by atoms with Gasteiger partial charge in [-0.15, -0.1) is 12.4 Å². The summed E-state index contributed by atoms with van der Waals surface area (Å²) in [5.74, 6) is 0.753. The molecule has 1 aliphatic heterocycles. The molecule has 1 fully saturated rings. The summed E-state index contributed by atoms with van der Waals surface area (Å²) in [5, 5.41) is 3.37. The zero-order valence-corrected chi connectivity index (χ0v) is 11.7. The van der Waals surface area contributed by atoms with Gasteiger partial charge < -0.3 is 5.32 Å². The van der Waals surface area contributed by atoms with Crippen LogP contribution >= 0.6 is 12.4 Å². The van der Waals surface area contributed by atoms with Crippen LogP contribution in [-0.2, 0) is 0 Å². The molecule has 0 bridgehead atoms. The lowest BCUT2D eigenvalue weighted by molar-refractivity contribution is 0.445. The number of hydrogen-bond acceptors (Lipinski definition) is 1. The smallest absolute Gasteiger partial charge is 0.00940 e. The van der Waals surface area contributed by atoms with E-state index in [0.717, 1.165) is 19.0 Å². The molecule has 1 aromatic rings. The molecule has 90 valence electrons. The van der Waals surface area contributed by atoms with Crippen molar-refractivity contribution in [3.63, 3.8) is 0 Å². The normalized spacial score (nSPS) is 15.6. The van der Waals surface area contributed by atoms with E-state index in [9.17, 15) is 0 Å². The van der Waals surface area contributed by atoms with E-state index in [-0.39, 0.29) is 12.4 Å². The van der Waals surface area contributed by atoms with Crippen molar-refractivity contribution in [1.82, 2.24) is 5.32 Å². The maximum absolute atomic E-state index is 3.37. The van der Waals surface area contributed by atoms with Crippen molar-refractivity contribution < 1.29 is 0 Å². The van der Waals surface area contributed by atoms with E-state index in [1.165, 1.54) is 27.8 Å². The Morgan fingerprint density at radius 3 is 1.44 bits per heavy atom. The van der Waals surface area contributed by atoms with Gasteiger partial charge in [0.2, 0.25) is 0 Å². The zero-order valence-electron chi connectivity index (χ0n) is 10.9. The van der Waals surface area contributed by atoms with Gasteiger partial charge in [-0.3, -0.25) is 0 Å². The molecule has 0 saturated carbocycles. The number of benzene rings is 1. The third-order valence-electron chi connectivity index (χ3n) is 4.25. The zero-order chi connectivity index (χ0) is 11.2. The van der Waals surface area contributed by atoms with Gasteiger partial charge in [0, 0.05) is 19.0 Å². The van der Waals surface area contributed by atoms with Crippen molar-refractivity contribution in [3.05, 3.63) is 33.4 Å². The molecule has 1 heterocycles. The van der Waals surface area contributed by atoms with Gasteiger partial charge in [0.05, 0.1) is 0 Å². The van der Waals surface area contributed by atoms with Crippen LogP contribution in [0.1, 0.15) is 39.3 Å². The van der Waals surface area contributed by atoms with Gasteiger partial charge in [0.15, 0.2) is 0 Å². The quantitative estimate of drug-likeness (QED) is 0.793. The molecule has 0 aliphatic carbocycles. The van der Waals surface area contributed by atoms with Crippen molar-refractivity contribution in [2.45, 2.75) is 40.5 Å². The number of hydrogen-bond donors (Lipinski definition) is 1. The van der Waals surface area contributed by atoms with E-state index in [1.54, 1.807) is 5.56 Å². The highest BCUT2D eigenvalue weighted by molar-refractivity contribution is 5.85. The van der Waals surface area contributed by atoms with Crippen LogP contribution in [0.15, 0.2) is 0 Å². The Kier molecular flexibility index (Phi) is 4.03. The molecule has 1 saturated heterocycles. The molecule has 2 heteroatoms. The second kappa shape index (κ2) is 4.77. The summed E-state index contributed by atoms with van der Waals surface area (Å²) in [4.78, 5) is 0. The van der Waals surface area contributed by atoms with Crippen LogP contribution in [-0.4, -0.2) is 13.1 Å². The summed E-state index contributed by atoms with van der Waals surface area (Å²) < 4.78 is 0. The van der Waals surface area contributed by atoms with Crippen LogP contribution in [0.4, 0.5) is 0 Å². The lowest BCUT2D eigenvalue weighted by Crippen LogP contribution is -2.40. The van der Waals surface area contributed by atoms with Crippen molar-refractivity contribution in [3.8, 4) is 0 Å². The Hall–Kier alpha value is -0.530. The monoisotopic (exact) mass is 239 g/mol. The fourth-order valence-corrected chi connectivity index (χ4v) is 2.63. The van der Waals surface area contributed by atoms with Crippen LogP contribution < -0.4 is 5.32 Å². The highest BCUT2D eigenvalue weighted by Crippen LogP contribution is 2.32. The van der Waals surface area contributed by atoms with Crippen molar-refractivity contribution in [1.29, 1.82) is 0 Å². The van der Waals surface area contributed by atoms with Crippen LogP contribution in [0, 0.1) is 34.6 Å². The van der Waals surface area contributed by atoms with Gasteiger partial charge in [-0.2, -0.15) is 0 Å². The van der Waals surface area contributed by atoms with Crippen LogP contribution in [0.2, 0.25) is 0 Å². The lowest BCUT2D eigenvalue weighted by atomic mass is 9.81. The Morgan fingerprint density at radius 2 is 1.12 bits per heavy atom. The molecule has 2 rings (SSSR count). The summed E-state index contributed by atoms with van der Waals surface area (Å²) in [6.07, 6.45) is 0. The van der Waals surface area contributed by atoms with Crippen molar-refractivity contribution in [2.75, 3.05) is 13.1 Å². The van der Waals surface area contributed by atoms with Gasteiger partial charge in [0.25, 0.3) is 0 Å². The SMILES string of the molecule is Cc1c(C)c(C)c(C2CNC2)c(C)c1C.Cl. The van der Waals surface area contributed by atoms with Crippen LogP contribution in [0.5, 0.6) is 0 Å². The highest BCUT2D eigenvalue weighted by atomic mass is 35.5. The average Bonchev–Trinajstić information content (AvgIpc) is 2.15. The van der Waals surface area contributed by atoms with E-state index >= 15 is 0 Å². The number of rotatable bonds is 1. The largest absolute Gasteiger partial charge is 0.315 e. The molecule has 0 spiro atoms. The standard InChI is InChI=1S/C14H21N.ClH/c1-8-9(2)11(4)14(12(5)10(8)3)13-6-15-7-13;/h13,15H,6-7H2,1-5H3;1H. The first-order chi connectivity index (χ1) is 7.04. The third-order valence-corrected chi connectivity index (χ3v) is 4.25. The molecule has 0 aromatic heterocycles. The van der Waals surface area contributed by atoms with Gasteiger partial charge in [0.1, 0.15) is 0 Å². The van der Waals surface area contributed by atoms with E-state index in [4.69, 9.17) is 0 Å². The molecular weight excluding hydrogens is 218 g/mol. The summed E-state index contributed by atoms with van der Waals surface area (Å²) in [6, 6.07) is 0. The minimum absolute atomic E-state index is 0. The first kappa shape index (κ1) is 13.5. The maximum atomic E-state index is 3.37. The minimum atomic E-state index is 0. The Balaban J connectivity index is 0.00000128. The maximum Gasteiger partial charge on any atom is 0.00940 e. The van der Waals surface area contributed by atoms with E-state index < -0.39 is 0 Å². The Labute approximate surface area is 105 Å². The van der Waals surface area contributed by atoms with E-state index in [0.29, 0.717) is 0 Å². The van der Waals surface area contributed by atoms with Crippen molar-refractivity contribution in [2.24, 2.45) is 0 Å². The second-order valence-corrected chi connectivity index (χ2v) is 4.89. The van der Waals surface area contributed by atoms with Gasteiger partial charge in [-0.25, -0.2) is 0 Å². The lowest BCUT2D eigenvalue weighted by Gasteiger charge is -2.32. The summed E-state index contributed by atoms with van der Waals surface area (Å²) in [6.45, 7) is 13.6. The first-order valence-corrected chi connectivity index (χ1v) is 5.81. The molecule has 1 nitrogen and oxygen atoms in total. The van der Waals surface area contributed by atoms with Gasteiger partial charge in [-0.1, -0.05) is 0 Å². The number of nitrogens with one attached hydrogen (secondary N) is 1. The topological polar surface area (TPSA) is 12.0 Å². The molecule has 0 amide bonds. The molecule has 16 heavy (non-hydrogen) atoms. The fourth-order valence-electron chi connectivity index (χ4n) is 2.63. The van der Waals surface area contributed by atoms with Crippen molar-refractivity contribution >= 4 is 12.4 Å². The first-order valence-electron chi connectivity index (χ1n) is 5.81. The van der Waals surface area contributed by atoms with E-state index in [1.807, 2.05) is 0 Å². The van der Waals surface area contributed by atoms with Gasteiger partial charge in [-0.05, 0) is 68.0 Å². The molecule has 1 N–H and O–H groups in total. The predicted octanol–water partition coefficient (Wildman–Crippen LogP) is 3.34. The molecule has 1 aliphatic rings. The molecule has 0 radical (unpaired) electrons. The van der Waals surface area contributed by atoms with E-state index in [2.05, 4.69) is 39.9 Å². The summed E-state index contributed by atoms with van der Waals surface area (Å²) in [7, 11) is 0. The molecule has 1 aromatic carbocycles. The molecular formula is C14H22ClN. The Morgan fingerprint density at radius 1 is 0.750 bits per heavy atom. The summed E-state index contributed by atoms with van der Waals surface area (Å²) in [5.41, 5.74) is 9.08. The Bertz CT molecular complexity index is 377. The van der Waals surface area contributed by atoms with Crippen LogP contribution in [0.3, 0.4) is 0 Å². The number of halogens is 1. The third kappa shape index (κ3) is 1.87. The minimum Gasteiger partial charge on any atom is -0.315 e. The molecule has 0 atom stereocenters. The summed E-state index contributed by atoms with van der Waals surface area (Å²) >= 11 is 0. The van der Waals surface area contributed by atoms with Crippen LogP contribution in [0.25, 0.3) is 0 Å². The predicted molar refractivity (Wildman–Crippen MR) is 73.0 cm³/mol. The molecule has 0 unspecified atom stereocenters. The average molecular weight is 240 g/mol. The fraction of sp³-hybridized carbons (Fsp3) is 0.571. The second-order valence-electron chi connectivity index (χ2n) is 4.89. The van der Waals surface area contributed by atoms with Gasteiger partial charge >= 0.3 is 0 Å². The highest BCUT2D eigenvalue weighted by Gasteiger charge is 2.24.